The molecule has 1 atom stereocenters. The molecule has 0 aliphatic carbocycles. The molecule has 0 heterocycles. The number of para-hydroxylation sites is 1. The van der Waals surface area contributed by atoms with Gasteiger partial charge in [0.25, 0.3) is 11.6 Å². The van der Waals surface area contributed by atoms with Crippen LogP contribution in [0.2, 0.25) is 0 Å². The molecule has 0 aliphatic rings. The molecule has 8 nitrogen and oxygen atoms in total. The number of carboxylic acid groups (broad SMARTS) is 1. The molecule has 0 spiro atoms. The molecule has 8 heteroatoms. The summed E-state index contributed by atoms with van der Waals surface area (Å²) in [6, 6.07) is 2.63. The molecular weight excluding hydrogens is 256 g/mol. The second-order valence-electron chi connectivity index (χ2n) is 3.78. The lowest BCUT2D eigenvalue weighted by atomic mass is 10.1. The van der Waals surface area contributed by atoms with Crippen LogP contribution in [0.1, 0.15) is 15.9 Å². The van der Waals surface area contributed by atoms with Gasteiger partial charge < -0.3 is 15.5 Å². The maximum absolute atomic E-state index is 11.8. The number of carbonyl (C=O) groups excluding carboxylic acids is 1. The number of aryl methyl sites for hydroxylation is 1. The molecule has 0 bridgehead atoms. The van der Waals surface area contributed by atoms with Gasteiger partial charge in [0.05, 0.1) is 11.5 Å². The van der Waals surface area contributed by atoms with E-state index in [1.165, 1.54) is 25.1 Å². The van der Waals surface area contributed by atoms with Gasteiger partial charge in [-0.2, -0.15) is 0 Å². The third-order valence-corrected chi connectivity index (χ3v) is 2.45. The molecule has 0 fully saturated rings. The highest BCUT2D eigenvalue weighted by molar-refractivity contribution is 6.00. The predicted molar refractivity (Wildman–Crippen MR) is 63.8 cm³/mol. The molecule has 1 aromatic carbocycles. The Hall–Kier alpha value is -2.48. The van der Waals surface area contributed by atoms with Gasteiger partial charge in [-0.05, 0) is 13.0 Å². The highest BCUT2D eigenvalue weighted by Crippen LogP contribution is 2.22. The maximum Gasteiger partial charge on any atom is 0.328 e. The van der Waals surface area contributed by atoms with E-state index in [0.717, 1.165) is 0 Å². The van der Waals surface area contributed by atoms with Crippen LogP contribution >= 0.6 is 0 Å². The Kier molecular flexibility index (Phi) is 4.54. The van der Waals surface area contributed by atoms with Crippen molar-refractivity contribution in [3.05, 3.63) is 39.4 Å². The van der Waals surface area contributed by atoms with Crippen molar-refractivity contribution in [2.75, 3.05) is 6.61 Å². The largest absolute Gasteiger partial charge is 0.480 e. The van der Waals surface area contributed by atoms with Crippen LogP contribution in [0.3, 0.4) is 0 Å². The average Bonchev–Trinajstić information content (AvgIpc) is 2.34. The average molecular weight is 268 g/mol. The Labute approximate surface area is 107 Å². The fourth-order valence-corrected chi connectivity index (χ4v) is 1.51. The Morgan fingerprint density at radius 2 is 2.11 bits per heavy atom. The molecule has 102 valence electrons. The predicted octanol–water partition coefficient (Wildman–Crippen LogP) is 0.0785. The van der Waals surface area contributed by atoms with Crippen molar-refractivity contribution in [2.24, 2.45) is 0 Å². The van der Waals surface area contributed by atoms with Crippen molar-refractivity contribution in [3.8, 4) is 0 Å². The number of aliphatic hydroxyl groups excluding tert-OH is 1. The summed E-state index contributed by atoms with van der Waals surface area (Å²) in [5.41, 5.74) is -0.347. The van der Waals surface area contributed by atoms with Crippen molar-refractivity contribution in [3.63, 3.8) is 0 Å². The summed E-state index contributed by atoms with van der Waals surface area (Å²) >= 11 is 0. The quantitative estimate of drug-likeness (QED) is 0.512. The van der Waals surface area contributed by atoms with Crippen LogP contribution in [-0.2, 0) is 4.79 Å². The number of rotatable bonds is 5. The van der Waals surface area contributed by atoms with Crippen molar-refractivity contribution in [2.45, 2.75) is 13.0 Å². The number of aliphatic carboxylic acids is 1. The summed E-state index contributed by atoms with van der Waals surface area (Å²) in [6.07, 6.45) is 0. The minimum absolute atomic E-state index is 0.246. The van der Waals surface area contributed by atoms with Crippen LogP contribution in [0.4, 0.5) is 5.69 Å². The van der Waals surface area contributed by atoms with E-state index in [0.29, 0.717) is 0 Å². The molecule has 1 rings (SSSR count). The summed E-state index contributed by atoms with van der Waals surface area (Å²) in [5.74, 6) is -2.34. The summed E-state index contributed by atoms with van der Waals surface area (Å²) in [7, 11) is 0. The van der Waals surface area contributed by atoms with Crippen LogP contribution in [0.5, 0.6) is 0 Å². The number of nitro groups is 1. The zero-order chi connectivity index (χ0) is 14.6. The number of hydrogen-bond donors (Lipinski definition) is 3. The van der Waals surface area contributed by atoms with E-state index in [1.807, 2.05) is 5.32 Å². The second kappa shape index (κ2) is 5.91. The Bertz CT molecular complexity index is 528. The smallest absolute Gasteiger partial charge is 0.328 e. The number of nitrogens with zero attached hydrogens (tertiary/aromatic N) is 1. The SMILES string of the molecule is Cc1cccc(C(=O)N[C@H](CO)C(=O)O)c1[N+](=O)[O-]. The van der Waals surface area contributed by atoms with E-state index < -0.39 is 29.4 Å². The molecule has 0 aliphatic heterocycles. The van der Waals surface area contributed by atoms with Gasteiger partial charge in [-0.1, -0.05) is 12.1 Å². The molecule has 0 saturated carbocycles. The van der Waals surface area contributed by atoms with Gasteiger partial charge in [-0.3, -0.25) is 14.9 Å². The van der Waals surface area contributed by atoms with E-state index in [9.17, 15) is 19.7 Å². The molecular formula is C11H12N2O6. The van der Waals surface area contributed by atoms with E-state index in [4.69, 9.17) is 10.2 Å². The minimum atomic E-state index is -1.51. The summed E-state index contributed by atoms with van der Waals surface area (Å²) in [5, 5.41) is 30.4. The first kappa shape index (κ1) is 14.6. The molecule has 1 aromatic rings. The summed E-state index contributed by atoms with van der Waals surface area (Å²) < 4.78 is 0. The van der Waals surface area contributed by atoms with E-state index in [2.05, 4.69) is 0 Å². The van der Waals surface area contributed by atoms with Crippen molar-refractivity contribution >= 4 is 17.6 Å². The van der Waals surface area contributed by atoms with Gasteiger partial charge in [0.2, 0.25) is 0 Å². The van der Waals surface area contributed by atoms with Crippen LogP contribution in [0.25, 0.3) is 0 Å². The minimum Gasteiger partial charge on any atom is -0.480 e. The third-order valence-electron chi connectivity index (χ3n) is 2.45. The number of amides is 1. The number of nitro benzene ring substituents is 1. The molecule has 19 heavy (non-hydrogen) atoms. The van der Waals surface area contributed by atoms with Gasteiger partial charge in [0.1, 0.15) is 5.56 Å². The third kappa shape index (κ3) is 3.26. The number of nitrogens with one attached hydrogen (secondary N) is 1. The lowest BCUT2D eigenvalue weighted by Gasteiger charge is -2.12. The first-order valence-electron chi connectivity index (χ1n) is 5.27. The lowest BCUT2D eigenvalue weighted by Crippen LogP contribution is -2.43. The van der Waals surface area contributed by atoms with Gasteiger partial charge in [0.15, 0.2) is 6.04 Å². The second-order valence-corrected chi connectivity index (χ2v) is 3.78. The van der Waals surface area contributed by atoms with Crippen molar-refractivity contribution in [1.82, 2.24) is 5.32 Å². The fraction of sp³-hybridized carbons (Fsp3) is 0.273. The maximum atomic E-state index is 11.8. The zero-order valence-electron chi connectivity index (χ0n) is 9.99. The van der Waals surface area contributed by atoms with Crippen LogP contribution in [-0.4, -0.2) is 39.7 Å². The first-order chi connectivity index (χ1) is 8.88. The van der Waals surface area contributed by atoms with E-state index in [1.54, 1.807) is 0 Å². The standard InChI is InChI=1S/C11H12N2O6/c1-6-3-2-4-7(9(6)13(18)19)10(15)12-8(5-14)11(16)17/h2-4,8,14H,5H2,1H3,(H,12,15)(H,16,17)/t8-/m1/s1. The highest BCUT2D eigenvalue weighted by Gasteiger charge is 2.26. The number of carboxylic acids is 1. The zero-order valence-corrected chi connectivity index (χ0v) is 9.99. The summed E-state index contributed by atoms with van der Waals surface area (Å²) in [6.45, 7) is 0.663. The van der Waals surface area contributed by atoms with Crippen LogP contribution in [0.15, 0.2) is 18.2 Å². The lowest BCUT2D eigenvalue weighted by molar-refractivity contribution is -0.385. The number of carbonyl (C=O) groups is 2. The van der Waals surface area contributed by atoms with E-state index in [-0.39, 0.29) is 16.8 Å². The Morgan fingerprint density at radius 3 is 2.58 bits per heavy atom. The Balaban J connectivity index is 3.10. The molecule has 0 unspecified atom stereocenters. The van der Waals surface area contributed by atoms with Crippen molar-refractivity contribution < 1.29 is 24.7 Å². The fourth-order valence-electron chi connectivity index (χ4n) is 1.51. The monoisotopic (exact) mass is 268 g/mol. The van der Waals surface area contributed by atoms with Gasteiger partial charge in [-0.15, -0.1) is 0 Å². The van der Waals surface area contributed by atoms with Gasteiger partial charge in [0, 0.05) is 5.56 Å². The van der Waals surface area contributed by atoms with Crippen molar-refractivity contribution in [1.29, 1.82) is 0 Å². The van der Waals surface area contributed by atoms with Crippen LogP contribution in [0, 0.1) is 17.0 Å². The molecule has 0 aromatic heterocycles. The Morgan fingerprint density at radius 1 is 1.47 bits per heavy atom. The van der Waals surface area contributed by atoms with Gasteiger partial charge >= 0.3 is 5.97 Å². The van der Waals surface area contributed by atoms with Gasteiger partial charge in [-0.25, -0.2) is 4.79 Å². The first-order valence-corrected chi connectivity index (χ1v) is 5.27. The molecule has 1 amide bonds. The molecule has 3 N–H and O–H groups in total. The highest BCUT2D eigenvalue weighted by atomic mass is 16.6. The topological polar surface area (TPSA) is 130 Å². The van der Waals surface area contributed by atoms with E-state index >= 15 is 0 Å². The molecule has 0 saturated heterocycles. The number of benzene rings is 1. The normalized spacial score (nSPS) is 11.7. The number of aliphatic hydroxyl groups is 1. The van der Waals surface area contributed by atoms with Crippen LogP contribution < -0.4 is 5.32 Å². The summed E-state index contributed by atoms with van der Waals surface area (Å²) in [4.78, 5) is 32.7. The number of hydrogen-bond acceptors (Lipinski definition) is 5. The molecule has 0 radical (unpaired) electrons.